The number of aromatic nitrogens is 3. The van der Waals surface area contributed by atoms with Crippen molar-refractivity contribution in [2.24, 2.45) is 0 Å². The maximum Gasteiger partial charge on any atom is 0.139 e. The third-order valence-corrected chi connectivity index (χ3v) is 5.24. The maximum atomic E-state index is 9.68. The normalized spacial score (nSPS) is 10.6. The summed E-state index contributed by atoms with van der Waals surface area (Å²) in [5, 5.41) is 29.6. The molecule has 138 valence electrons. The molecule has 6 nitrogen and oxygen atoms in total. The lowest BCUT2D eigenvalue weighted by Gasteiger charge is -2.25. The molecular weight excluding hydrogens is 394 g/mol. The summed E-state index contributed by atoms with van der Waals surface area (Å²) < 4.78 is 0. The second-order valence-electron chi connectivity index (χ2n) is 6.01. The number of aromatic hydroxyl groups is 1. The van der Waals surface area contributed by atoms with E-state index in [2.05, 4.69) is 16.2 Å². The van der Waals surface area contributed by atoms with Crippen molar-refractivity contribution >= 4 is 28.6 Å². The molecule has 0 atom stereocenters. The van der Waals surface area contributed by atoms with Gasteiger partial charge < -0.3 is 5.11 Å². The predicted octanol–water partition coefficient (Wildman–Crippen LogP) is 4.71. The van der Waals surface area contributed by atoms with Crippen LogP contribution in [0.1, 0.15) is 11.1 Å². The van der Waals surface area contributed by atoms with Gasteiger partial charge in [-0.1, -0.05) is 17.7 Å². The molecule has 0 saturated heterocycles. The van der Waals surface area contributed by atoms with Gasteiger partial charge in [0.1, 0.15) is 18.4 Å². The van der Waals surface area contributed by atoms with Gasteiger partial charge in [0.05, 0.1) is 28.9 Å². The zero-order valence-electron chi connectivity index (χ0n) is 14.5. The number of benzene rings is 2. The lowest BCUT2D eigenvalue weighted by atomic mass is 10.0. The molecule has 4 aromatic rings. The zero-order chi connectivity index (χ0) is 19.5. The number of phenols is 1. The lowest BCUT2D eigenvalue weighted by Crippen LogP contribution is -2.29. The third kappa shape index (κ3) is 3.56. The fourth-order valence-corrected chi connectivity index (χ4v) is 3.74. The summed E-state index contributed by atoms with van der Waals surface area (Å²) >= 11 is 7.64. The number of hydrogen-bond acceptors (Lipinski definition) is 6. The number of phenolic OH excluding ortho intramolecular Hbond substituents is 1. The van der Waals surface area contributed by atoms with Gasteiger partial charge in [-0.3, -0.25) is 5.01 Å². The molecule has 4 rings (SSSR count). The molecule has 0 aliphatic carbocycles. The van der Waals surface area contributed by atoms with Gasteiger partial charge in [-0.2, -0.15) is 21.4 Å². The average molecular weight is 408 g/mol. The third-order valence-electron chi connectivity index (χ3n) is 4.25. The number of nitriles is 1. The highest BCUT2D eigenvalue weighted by atomic mass is 35.5. The molecule has 2 aromatic heterocycles. The quantitative estimate of drug-likeness (QED) is 0.518. The second kappa shape index (κ2) is 7.72. The average Bonchev–Trinajstić information content (AvgIpc) is 3.42. The van der Waals surface area contributed by atoms with Crippen LogP contribution >= 0.6 is 22.9 Å². The predicted molar refractivity (Wildman–Crippen MR) is 109 cm³/mol. The van der Waals surface area contributed by atoms with Crippen LogP contribution in [0, 0.1) is 11.3 Å². The van der Waals surface area contributed by atoms with Crippen LogP contribution in [0.4, 0.5) is 5.69 Å². The summed E-state index contributed by atoms with van der Waals surface area (Å²) in [6.07, 6.45) is 3.06. The van der Waals surface area contributed by atoms with Gasteiger partial charge in [-0.05, 0) is 58.3 Å². The minimum atomic E-state index is 0.0378. The molecule has 1 N–H and O–H groups in total. The highest BCUT2D eigenvalue weighted by Gasteiger charge is 2.15. The largest absolute Gasteiger partial charge is 0.506 e. The van der Waals surface area contributed by atoms with E-state index in [1.807, 2.05) is 34.0 Å². The lowest BCUT2D eigenvalue weighted by molar-refractivity contribution is 0.475. The Morgan fingerprint density at radius 3 is 2.79 bits per heavy atom. The van der Waals surface area contributed by atoms with Gasteiger partial charge in [0.2, 0.25) is 0 Å². The Labute approximate surface area is 170 Å². The summed E-state index contributed by atoms with van der Waals surface area (Å²) in [6, 6.07) is 15.0. The van der Waals surface area contributed by atoms with E-state index in [-0.39, 0.29) is 10.8 Å². The van der Waals surface area contributed by atoms with Crippen LogP contribution in [-0.2, 0) is 6.54 Å². The molecule has 0 unspecified atom stereocenters. The van der Waals surface area contributed by atoms with E-state index < -0.39 is 0 Å². The van der Waals surface area contributed by atoms with Crippen LogP contribution in [0.25, 0.3) is 11.1 Å². The monoisotopic (exact) mass is 407 g/mol. The van der Waals surface area contributed by atoms with Crippen molar-refractivity contribution in [1.82, 2.24) is 14.9 Å². The number of halogens is 1. The smallest absolute Gasteiger partial charge is 0.139 e. The summed E-state index contributed by atoms with van der Waals surface area (Å²) in [5.41, 5.74) is 4.19. The fourth-order valence-electron chi connectivity index (χ4n) is 2.88. The molecule has 28 heavy (non-hydrogen) atoms. The van der Waals surface area contributed by atoms with E-state index in [1.54, 1.807) is 46.7 Å². The Kier molecular flexibility index (Phi) is 4.98. The molecule has 0 aliphatic heterocycles. The minimum absolute atomic E-state index is 0.0378. The van der Waals surface area contributed by atoms with Crippen molar-refractivity contribution in [3.8, 4) is 22.9 Å². The fraction of sp³-hybridized carbons (Fsp3) is 0.0500. The van der Waals surface area contributed by atoms with E-state index in [0.29, 0.717) is 12.1 Å². The number of hydrogen-bond donors (Lipinski definition) is 1. The van der Waals surface area contributed by atoms with E-state index in [9.17, 15) is 10.4 Å². The van der Waals surface area contributed by atoms with E-state index in [1.165, 1.54) is 6.33 Å². The molecule has 0 radical (unpaired) electrons. The standard InChI is InChI=1S/C20H14ClN5OS/c21-19-7-14(1-4-20(19)27)10-25(26-13-23-12-24-26)17-3-2-15(9-22)18(8-17)16-5-6-28-11-16/h1-8,11-13,27H,10H2. The summed E-state index contributed by atoms with van der Waals surface area (Å²) in [4.78, 5) is 5.67. The molecule has 0 amide bonds. The Bertz CT molecular complexity index is 1140. The Balaban J connectivity index is 1.78. The number of nitrogens with zero attached hydrogens (tertiary/aromatic N) is 5. The van der Waals surface area contributed by atoms with Gasteiger partial charge in [0.25, 0.3) is 0 Å². The van der Waals surface area contributed by atoms with Crippen molar-refractivity contribution in [1.29, 1.82) is 5.26 Å². The van der Waals surface area contributed by atoms with Gasteiger partial charge in [0.15, 0.2) is 0 Å². The van der Waals surface area contributed by atoms with Crippen LogP contribution in [-0.4, -0.2) is 20.0 Å². The Morgan fingerprint density at radius 2 is 2.11 bits per heavy atom. The summed E-state index contributed by atoms with van der Waals surface area (Å²) in [7, 11) is 0. The van der Waals surface area contributed by atoms with Crippen LogP contribution in [0.15, 0.2) is 65.9 Å². The molecule has 0 fully saturated rings. The summed E-state index contributed by atoms with van der Waals surface area (Å²) in [5.74, 6) is 0.0378. The molecule has 2 aromatic carbocycles. The van der Waals surface area contributed by atoms with Crippen LogP contribution < -0.4 is 5.01 Å². The van der Waals surface area contributed by atoms with Gasteiger partial charge in [-0.25, -0.2) is 4.98 Å². The molecule has 0 aliphatic rings. The van der Waals surface area contributed by atoms with Crippen molar-refractivity contribution in [2.75, 3.05) is 5.01 Å². The summed E-state index contributed by atoms with van der Waals surface area (Å²) in [6.45, 7) is 0.443. The van der Waals surface area contributed by atoms with Crippen LogP contribution in [0.5, 0.6) is 5.75 Å². The van der Waals surface area contributed by atoms with Gasteiger partial charge in [0, 0.05) is 5.56 Å². The molecule has 2 heterocycles. The highest BCUT2D eigenvalue weighted by Crippen LogP contribution is 2.31. The first-order chi connectivity index (χ1) is 13.7. The first-order valence-corrected chi connectivity index (χ1v) is 9.64. The topological polar surface area (TPSA) is 78.0 Å². The Morgan fingerprint density at radius 1 is 1.21 bits per heavy atom. The zero-order valence-corrected chi connectivity index (χ0v) is 16.1. The molecule has 8 heteroatoms. The number of anilines is 1. The van der Waals surface area contributed by atoms with Crippen molar-refractivity contribution in [3.05, 3.63) is 82.0 Å². The Hall–Kier alpha value is -3.34. The van der Waals surface area contributed by atoms with E-state index in [4.69, 9.17) is 11.6 Å². The van der Waals surface area contributed by atoms with E-state index in [0.717, 1.165) is 22.4 Å². The van der Waals surface area contributed by atoms with Gasteiger partial charge in [-0.15, -0.1) is 5.10 Å². The van der Waals surface area contributed by atoms with Crippen molar-refractivity contribution in [3.63, 3.8) is 0 Å². The maximum absolute atomic E-state index is 9.68. The van der Waals surface area contributed by atoms with Crippen molar-refractivity contribution < 1.29 is 5.11 Å². The molecule has 0 bridgehead atoms. The van der Waals surface area contributed by atoms with E-state index >= 15 is 0 Å². The molecular formula is C20H14ClN5OS. The highest BCUT2D eigenvalue weighted by molar-refractivity contribution is 7.08. The minimum Gasteiger partial charge on any atom is -0.506 e. The first kappa shape index (κ1) is 18.0. The molecule has 0 saturated carbocycles. The van der Waals surface area contributed by atoms with Crippen molar-refractivity contribution in [2.45, 2.75) is 6.54 Å². The SMILES string of the molecule is N#Cc1ccc(N(Cc2ccc(O)c(Cl)c2)n2cncn2)cc1-c1ccsc1. The first-order valence-electron chi connectivity index (χ1n) is 8.32. The number of thiophene rings is 1. The second-order valence-corrected chi connectivity index (χ2v) is 7.20. The van der Waals surface area contributed by atoms with Gasteiger partial charge >= 0.3 is 0 Å². The number of rotatable bonds is 5. The van der Waals surface area contributed by atoms with Crippen LogP contribution in [0.3, 0.4) is 0 Å². The molecule has 0 spiro atoms. The van der Waals surface area contributed by atoms with Crippen LogP contribution in [0.2, 0.25) is 5.02 Å².